The third-order valence-electron chi connectivity index (χ3n) is 3.91. The van der Waals surface area contributed by atoms with E-state index in [4.69, 9.17) is 9.47 Å². The lowest BCUT2D eigenvalue weighted by Crippen LogP contribution is -2.40. The van der Waals surface area contributed by atoms with Crippen molar-refractivity contribution in [1.82, 2.24) is 10.6 Å². The standard InChI is InChI=1S/C19H33N3O2.HI/c1-6-24-18(15(2)3)11-13-22-19(20-4)21-12-10-16-8-7-9-17(14-16)23-5;/h7-9,14-15,18H,6,10-13H2,1-5H3,(H2,20,21,22);1H. The molecule has 0 saturated carbocycles. The molecule has 0 saturated heterocycles. The average Bonchev–Trinajstić information content (AvgIpc) is 2.59. The summed E-state index contributed by atoms with van der Waals surface area (Å²) < 4.78 is 11.0. The summed E-state index contributed by atoms with van der Waals surface area (Å²) in [5.41, 5.74) is 1.24. The molecule has 0 aliphatic heterocycles. The van der Waals surface area contributed by atoms with Gasteiger partial charge in [0.1, 0.15) is 5.75 Å². The van der Waals surface area contributed by atoms with Gasteiger partial charge in [-0.3, -0.25) is 4.99 Å². The Morgan fingerprint density at radius 1 is 1.20 bits per heavy atom. The van der Waals surface area contributed by atoms with Gasteiger partial charge in [-0.25, -0.2) is 0 Å². The highest BCUT2D eigenvalue weighted by Gasteiger charge is 2.12. The van der Waals surface area contributed by atoms with Gasteiger partial charge >= 0.3 is 0 Å². The number of halogens is 1. The summed E-state index contributed by atoms with van der Waals surface area (Å²) in [6.45, 7) is 8.87. The van der Waals surface area contributed by atoms with Crippen LogP contribution >= 0.6 is 24.0 Å². The number of aliphatic imine (C=N–C) groups is 1. The van der Waals surface area contributed by atoms with Crippen molar-refractivity contribution in [1.29, 1.82) is 0 Å². The summed E-state index contributed by atoms with van der Waals surface area (Å²) in [6, 6.07) is 8.14. The van der Waals surface area contributed by atoms with Crippen molar-refractivity contribution in [2.45, 2.75) is 39.7 Å². The number of ether oxygens (including phenoxy) is 2. The second kappa shape index (κ2) is 14.2. The molecule has 0 aliphatic carbocycles. The lowest BCUT2D eigenvalue weighted by atomic mass is 10.0. The Labute approximate surface area is 170 Å². The topological polar surface area (TPSA) is 54.9 Å². The highest BCUT2D eigenvalue weighted by atomic mass is 127. The third-order valence-corrected chi connectivity index (χ3v) is 3.91. The van der Waals surface area contributed by atoms with E-state index in [1.54, 1.807) is 14.2 Å². The van der Waals surface area contributed by atoms with Gasteiger partial charge in [0.15, 0.2) is 5.96 Å². The second-order valence-corrected chi connectivity index (χ2v) is 6.05. The maximum atomic E-state index is 5.77. The van der Waals surface area contributed by atoms with Gasteiger partial charge in [0.2, 0.25) is 0 Å². The minimum Gasteiger partial charge on any atom is -0.497 e. The first-order valence-corrected chi connectivity index (χ1v) is 8.79. The molecule has 0 aromatic heterocycles. The Kier molecular flexibility index (Phi) is 13.6. The minimum atomic E-state index is 0. The van der Waals surface area contributed by atoms with E-state index in [1.807, 2.05) is 19.1 Å². The molecule has 144 valence electrons. The molecule has 0 spiro atoms. The molecule has 0 heterocycles. The maximum Gasteiger partial charge on any atom is 0.190 e. The van der Waals surface area contributed by atoms with Crippen molar-refractivity contribution in [3.05, 3.63) is 29.8 Å². The van der Waals surface area contributed by atoms with Crippen LogP contribution in [0.5, 0.6) is 5.75 Å². The number of nitrogens with zero attached hydrogens (tertiary/aromatic N) is 1. The van der Waals surface area contributed by atoms with Crippen LogP contribution in [0.15, 0.2) is 29.3 Å². The number of benzene rings is 1. The van der Waals surface area contributed by atoms with E-state index in [2.05, 4.69) is 41.6 Å². The molecule has 6 heteroatoms. The van der Waals surface area contributed by atoms with Crippen LogP contribution in [0.2, 0.25) is 0 Å². The van der Waals surface area contributed by atoms with Crippen molar-refractivity contribution >= 4 is 29.9 Å². The Morgan fingerprint density at radius 3 is 2.52 bits per heavy atom. The third kappa shape index (κ3) is 9.89. The largest absolute Gasteiger partial charge is 0.497 e. The highest BCUT2D eigenvalue weighted by molar-refractivity contribution is 14.0. The van der Waals surface area contributed by atoms with Crippen molar-refractivity contribution in [3.8, 4) is 5.75 Å². The van der Waals surface area contributed by atoms with Crippen molar-refractivity contribution in [2.24, 2.45) is 10.9 Å². The molecule has 0 aliphatic rings. The molecule has 1 aromatic carbocycles. The Bertz CT molecular complexity index is 495. The van der Waals surface area contributed by atoms with Gasteiger partial charge in [-0.05, 0) is 43.4 Å². The highest BCUT2D eigenvalue weighted by Crippen LogP contribution is 2.12. The van der Waals surface area contributed by atoms with Gasteiger partial charge in [0, 0.05) is 26.7 Å². The smallest absolute Gasteiger partial charge is 0.190 e. The van der Waals surface area contributed by atoms with Gasteiger partial charge in [0.05, 0.1) is 13.2 Å². The molecule has 25 heavy (non-hydrogen) atoms. The van der Waals surface area contributed by atoms with Crippen LogP contribution in [-0.4, -0.2) is 45.9 Å². The van der Waals surface area contributed by atoms with Crippen LogP contribution < -0.4 is 15.4 Å². The van der Waals surface area contributed by atoms with E-state index < -0.39 is 0 Å². The van der Waals surface area contributed by atoms with Crippen LogP contribution in [0.1, 0.15) is 32.8 Å². The predicted octanol–water partition coefficient (Wildman–Crippen LogP) is 3.47. The maximum absolute atomic E-state index is 5.77. The second-order valence-electron chi connectivity index (χ2n) is 6.05. The molecule has 1 rings (SSSR count). The zero-order valence-electron chi connectivity index (χ0n) is 16.2. The molecule has 1 atom stereocenters. The number of rotatable bonds is 10. The van der Waals surface area contributed by atoms with Gasteiger partial charge in [-0.2, -0.15) is 0 Å². The Hall–Kier alpha value is -1.02. The number of hydrogen-bond acceptors (Lipinski definition) is 3. The zero-order chi connectivity index (χ0) is 17.8. The predicted molar refractivity (Wildman–Crippen MR) is 116 cm³/mol. The fourth-order valence-electron chi connectivity index (χ4n) is 2.53. The quantitative estimate of drug-likeness (QED) is 0.317. The fraction of sp³-hybridized carbons (Fsp3) is 0.632. The monoisotopic (exact) mass is 463 g/mol. The molecular formula is C19H34IN3O2. The van der Waals surface area contributed by atoms with Crippen molar-refractivity contribution in [3.63, 3.8) is 0 Å². The Balaban J connectivity index is 0.00000576. The van der Waals surface area contributed by atoms with Gasteiger partial charge in [-0.15, -0.1) is 24.0 Å². The van der Waals surface area contributed by atoms with E-state index in [9.17, 15) is 0 Å². The minimum absolute atomic E-state index is 0. The molecule has 1 aromatic rings. The van der Waals surface area contributed by atoms with E-state index >= 15 is 0 Å². The summed E-state index contributed by atoms with van der Waals surface area (Å²) in [5.74, 6) is 2.25. The van der Waals surface area contributed by atoms with E-state index in [1.165, 1.54) is 5.56 Å². The number of guanidine groups is 1. The van der Waals surface area contributed by atoms with Crippen LogP contribution in [0, 0.1) is 5.92 Å². The van der Waals surface area contributed by atoms with E-state index in [0.29, 0.717) is 5.92 Å². The molecule has 1 unspecified atom stereocenters. The van der Waals surface area contributed by atoms with Crippen molar-refractivity contribution < 1.29 is 9.47 Å². The molecule has 0 amide bonds. The van der Waals surface area contributed by atoms with Gasteiger partial charge in [0.25, 0.3) is 0 Å². The number of nitrogens with one attached hydrogen (secondary N) is 2. The normalized spacial score (nSPS) is 12.5. The number of hydrogen-bond donors (Lipinski definition) is 2. The van der Waals surface area contributed by atoms with Crippen LogP contribution in [0.4, 0.5) is 0 Å². The number of methoxy groups -OCH3 is 1. The van der Waals surface area contributed by atoms with Crippen molar-refractivity contribution in [2.75, 3.05) is 33.9 Å². The summed E-state index contributed by atoms with van der Waals surface area (Å²) in [7, 11) is 3.49. The summed E-state index contributed by atoms with van der Waals surface area (Å²) in [5, 5.41) is 6.70. The SMILES string of the molecule is CCOC(CCNC(=NC)NCCc1cccc(OC)c1)C(C)C.I. The fourth-order valence-corrected chi connectivity index (χ4v) is 2.53. The summed E-state index contributed by atoms with van der Waals surface area (Å²) in [6.07, 6.45) is 2.19. The molecule has 2 N–H and O–H groups in total. The lowest BCUT2D eigenvalue weighted by molar-refractivity contribution is 0.0258. The zero-order valence-corrected chi connectivity index (χ0v) is 18.5. The summed E-state index contributed by atoms with van der Waals surface area (Å²) in [4.78, 5) is 4.27. The van der Waals surface area contributed by atoms with E-state index in [0.717, 1.165) is 44.2 Å². The first-order chi connectivity index (χ1) is 11.6. The van der Waals surface area contributed by atoms with Gasteiger partial charge < -0.3 is 20.1 Å². The van der Waals surface area contributed by atoms with Crippen LogP contribution in [0.25, 0.3) is 0 Å². The molecule has 0 radical (unpaired) electrons. The molecule has 0 bridgehead atoms. The molecule has 5 nitrogen and oxygen atoms in total. The van der Waals surface area contributed by atoms with E-state index in [-0.39, 0.29) is 30.1 Å². The first kappa shape index (κ1) is 24.0. The average molecular weight is 463 g/mol. The Morgan fingerprint density at radius 2 is 1.92 bits per heavy atom. The van der Waals surface area contributed by atoms with Crippen LogP contribution in [0.3, 0.4) is 0 Å². The van der Waals surface area contributed by atoms with Crippen LogP contribution in [-0.2, 0) is 11.2 Å². The summed E-state index contributed by atoms with van der Waals surface area (Å²) >= 11 is 0. The molecular weight excluding hydrogens is 429 g/mol. The first-order valence-electron chi connectivity index (χ1n) is 8.79. The lowest BCUT2D eigenvalue weighted by Gasteiger charge is -2.21. The van der Waals surface area contributed by atoms with Gasteiger partial charge in [-0.1, -0.05) is 26.0 Å². The molecule has 0 fully saturated rings.